The van der Waals surface area contributed by atoms with E-state index in [0.717, 1.165) is 47.0 Å². The molecule has 2 aromatic rings. The van der Waals surface area contributed by atoms with Crippen molar-refractivity contribution in [3.8, 4) is 0 Å². The molecular weight excluding hydrogens is 310 g/mol. The van der Waals surface area contributed by atoms with Crippen molar-refractivity contribution in [2.45, 2.75) is 6.42 Å². The fourth-order valence-corrected chi connectivity index (χ4v) is 3.81. The third kappa shape index (κ3) is 2.72. The van der Waals surface area contributed by atoms with Crippen LogP contribution < -0.4 is 4.90 Å². The Hall–Kier alpha value is -2.28. The summed E-state index contributed by atoms with van der Waals surface area (Å²) in [5.74, 6) is 1.83. The van der Waals surface area contributed by atoms with E-state index >= 15 is 0 Å². The van der Waals surface area contributed by atoms with Crippen LogP contribution in [0.5, 0.6) is 0 Å². The average Bonchev–Trinajstić information content (AvgIpc) is 3.10. The minimum Gasteiger partial charge on any atom is -0.346 e. The fraction of sp³-hybridized carbons (Fsp3) is 0.312. The highest BCUT2D eigenvalue weighted by Gasteiger charge is 2.24. The van der Waals surface area contributed by atoms with Crippen molar-refractivity contribution in [3.63, 3.8) is 0 Å². The van der Waals surface area contributed by atoms with Crippen molar-refractivity contribution in [3.05, 3.63) is 41.8 Å². The van der Waals surface area contributed by atoms with E-state index < -0.39 is 0 Å². The van der Waals surface area contributed by atoms with E-state index in [-0.39, 0.29) is 5.91 Å². The molecule has 23 heavy (non-hydrogen) atoms. The monoisotopic (exact) mass is 327 g/mol. The standard InChI is InChI=1S/C16H17N5OS/c22-16(20-6-2-1-3-7-20)13-10-21(8-9-23-13)15-12-4-5-17-14(12)18-11-19-15/h1-2,4-5,10-11H,3,6-9H2,(H,17,18,19). The van der Waals surface area contributed by atoms with Crippen LogP contribution in [-0.2, 0) is 4.79 Å². The molecule has 4 heterocycles. The lowest BCUT2D eigenvalue weighted by Gasteiger charge is -2.29. The molecule has 0 aromatic carbocycles. The van der Waals surface area contributed by atoms with Gasteiger partial charge in [-0.25, -0.2) is 9.97 Å². The van der Waals surface area contributed by atoms with Crippen molar-refractivity contribution < 1.29 is 4.79 Å². The van der Waals surface area contributed by atoms with Crippen molar-refractivity contribution >= 4 is 34.5 Å². The Morgan fingerprint density at radius 3 is 3.09 bits per heavy atom. The number of fused-ring (bicyclic) bond motifs is 1. The zero-order valence-corrected chi connectivity index (χ0v) is 13.4. The molecule has 2 aliphatic heterocycles. The molecule has 6 nitrogen and oxygen atoms in total. The zero-order valence-electron chi connectivity index (χ0n) is 12.6. The first-order chi connectivity index (χ1) is 11.3. The van der Waals surface area contributed by atoms with Gasteiger partial charge in [-0.3, -0.25) is 4.79 Å². The highest BCUT2D eigenvalue weighted by molar-refractivity contribution is 8.04. The number of nitrogens with one attached hydrogen (secondary N) is 1. The molecule has 1 amide bonds. The van der Waals surface area contributed by atoms with Crippen LogP contribution in [0, 0.1) is 0 Å². The molecule has 0 unspecified atom stereocenters. The van der Waals surface area contributed by atoms with Gasteiger partial charge in [0.05, 0.1) is 10.3 Å². The van der Waals surface area contributed by atoms with E-state index in [0.29, 0.717) is 6.54 Å². The molecule has 0 bridgehead atoms. The van der Waals surface area contributed by atoms with Crippen molar-refractivity contribution in [2.24, 2.45) is 0 Å². The fourth-order valence-electron chi connectivity index (χ4n) is 2.85. The van der Waals surface area contributed by atoms with Gasteiger partial charge in [-0.15, -0.1) is 11.8 Å². The minimum absolute atomic E-state index is 0.114. The van der Waals surface area contributed by atoms with Gasteiger partial charge in [0.1, 0.15) is 17.8 Å². The summed E-state index contributed by atoms with van der Waals surface area (Å²) in [6.07, 6.45) is 10.5. The minimum atomic E-state index is 0.114. The van der Waals surface area contributed by atoms with Gasteiger partial charge in [-0.2, -0.15) is 0 Å². The maximum atomic E-state index is 12.7. The number of aromatic nitrogens is 3. The van der Waals surface area contributed by atoms with Crippen molar-refractivity contribution in [1.29, 1.82) is 0 Å². The first kappa shape index (κ1) is 14.3. The smallest absolute Gasteiger partial charge is 0.262 e. The van der Waals surface area contributed by atoms with E-state index in [4.69, 9.17) is 0 Å². The molecule has 118 valence electrons. The van der Waals surface area contributed by atoms with Gasteiger partial charge in [0.2, 0.25) is 0 Å². The van der Waals surface area contributed by atoms with Gasteiger partial charge in [0, 0.05) is 37.8 Å². The van der Waals surface area contributed by atoms with E-state index in [1.807, 2.05) is 23.4 Å². The molecule has 2 aromatic heterocycles. The van der Waals surface area contributed by atoms with Crippen LogP contribution in [0.3, 0.4) is 0 Å². The maximum Gasteiger partial charge on any atom is 0.262 e. The van der Waals surface area contributed by atoms with Gasteiger partial charge in [0.25, 0.3) is 5.91 Å². The first-order valence-corrected chi connectivity index (χ1v) is 8.65. The summed E-state index contributed by atoms with van der Waals surface area (Å²) in [4.78, 5) is 29.2. The summed E-state index contributed by atoms with van der Waals surface area (Å²) in [5.41, 5.74) is 0.815. The average molecular weight is 327 g/mol. The lowest BCUT2D eigenvalue weighted by molar-refractivity contribution is -0.126. The molecule has 0 radical (unpaired) electrons. The Kier molecular flexibility index (Phi) is 3.78. The molecule has 2 aliphatic rings. The molecule has 7 heteroatoms. The Balaban J connectivity index is 1.64. The second-order valence-corrected chi connectivity index (χ2v) is 6.62. The van der Waals surface area contributed by atoms with Crippen LogP contribution in [0.15, 0.2) is 41.8 Å². The largest absolute Gasteiger partial charge is 0.346 e. The van der Waals surface area contributed by atoms with Crippen LogP contribution in [-0.4, -0.2) is 51.1 Å². The molecule has 0 spiro atoms. The quantitative estimate of drug-likeness (QED) is 0.856. The summed E-state index contributed by atoms with van der Waals surface area (Å²) in [6, 6.07) is 1.97. The Bertz CT molecular complexity index is 797. The van der Waals surface area contributed by atoms with Gasteiger partial charge >= 0.3 is 0 Å². The SMILES string of the molecule is O=C(C1=CN(c2ncnc3[nH]ccc23)CCS1)N1CC=CCC1. The summed E-state index contributed by atoms with van der Waals surface area (Å²) >= 11 is 1.62. The number of aromatic amines is 1. The summed E-state index contributed by atoms with van der Waals surface area (Å²) < 4.78 is 0. The van der Waals surface area contributed by atoms with Gasteiger partial charge in [-0.1, -0.05) is 12.2 Å². The normalized spacial score (nSPS) is 18.3. The first-order valence-electron chi connectivity index (χ1n) is 7.66. The molecule has 0 aliphatic carbocycles. The van der Waals surface area contributed by atoms with Crippen molar-refractivity contribution in [1.82, 2.24) is 19.9 Å². The van der Waals surface area contributed by atoms with Gasteiger partial charge in [0.15, 0.2) is 0 Å². The number of hydrogen-bond acceptors (Lipinski definition) is 5. The summed E-state index contributed by atoms with van der Waals surface area (Å²) in [5, 5.41) is 0.975. The number of rotatable bonds is 2. The number of thioether (sulfide) groups is 1. The highest BCUT2D eigenvalue weighted by atomic mass is 32.2. The molecular formula is C16H17N5OS. The van der Waals surface area contributed by atoms with Gasteiger partial charge < -0.3 is 14.8 Å². The number of anilines is 1. The van der Waals surface area contributed by atoms with Crippen LogP contribution >= 0.6 is 11.8 Å². The summed E-state index contributed by atoms with van der Waals surface area (Å²) in [7, 11) is 0. The van der Waals surface area contributed by atoms with E-state index in [1.54, 1.807) is 18.1 Å². The molecule has 0 saturated heterocycles. The van der Waals surface area contributed by atoms with E-state index in [9.17, 15) is 4.79 Å². The number of hydrogen-bond donors (Lipinski definition) is 1. The predicted molar refractivity (Wildman–Crippen MR) is 92.1 cm³/mol. The number of carbonyl (C=O) groups excluding carboxylic acids is 1. The Morgan fingerprint density at radius 1 is 1.26 bits per heavy atom. The zero-order chi connectivity index (χ0) is 15.6. The maximum absolute atomic E-state index is 12.7. The molecule has 1 N–H and O–H groups in total. The number of carbonyl (C=O) groups is 1. The molecule has 0 atom stereocenters. The van der Waals surface area contributed by atoms with Crippen LogP contribution in [0.2, 0.25) is 0 Å². The topological polar surface area (TPSA) is 65.1 Å². The number of nitrogens with zero attached hydrogens (tertiary/aromatic N) is 4. The second-order valence-electron chi connectivity index (χ2n) is 5.48. The molecule has 0 fully saturated rings. The lowest BCUT2D eigenvalue weighted by Crippen LogP contribution is -2.36. The van der Waals surface area contributed by atoms with Crippen LogP contribution in [0.4, 0.5) is 5.82 Å². The number of amides is 1. The lowest BCUT2D eigenvalue weighted by atomic mass is 10.2. The second kappa shape index (κ2) is 6.08. The van der Waals surface area contributed by atoms with Crippen LogP contribution in [0.25, 0.3) is 11.0 Å². The third-order valence-corrected chi connectivity index (χ3v) is 5.00. The Morgan fingerprint density at radius 2 is 2.22 bits per heavy atom. The van der Waals surface area contributed by atoms with Gasteiger partial charge in [-0.05, 0) is 12.5 Å². The summed E-state index contributed by atoms with van der Waals surface area (Å²) in [6.45, 7) is 2.33. The van der Waals surface area contributed by atoms with E-state index in [2.05, 4.69) is 32.0 Å². The highest BCUT2D eigenvalue weighted by Crippen LogP contribution is 2.30. The Labute approximate surface area is 138 Å². The molecule has 4 rings (SSSR count). The van der Waals surface area contributed by atoms with Crippen LogP contribution in [0.1, 0.15) is 6.42 Å². The molecule has 0 saturated carbocycles. The predicted octanol–water partition coefficient (Wildman–Crippen LogP) is 2.14. The van der Waals surface area contributed by atoms with E-state index in [1.165, 1.54) is 0 Å². The number of H-pyrrole nitrogens is 1. The third-order valence-electron chi connectivity index (χ3n) is 4.02. The van der Waals surface area contributed by atoms with Crippen molar-refractivity contribution in [2.75, 3.05) is 30.3 Å².